The van der Waals surface area contributed by atoms with E-state index in [0.29, 0.717) is 0 Å². The van der Waals surface area contributed by atoms with E-state index in [2.05, 4.69) is 38.1 Å². The van der Waals surface area contributed by atoms with E-state index < -0.39 is 5.60 Å². The van der Waals surface area contributed by atoms with Gasteiger partial charge in [0.1, 0.15) is 5.60 Å². The Kier molecular flexibility index (Phi) is 4.06. The van der Waals surface area contributed by atoms with E-state index in [1.165, 1.54) is 11.1 Å². The Morgan fingerprint density at radius 3 is 1.32 bits per heavy atom. The van der Waals surface area contributed by atoms with Gasteiger partial charge in [-0.1, -0.05) is 62.4 Å². The average Bonchev–Trinajstić information content (AvgIpc) is 2.47. The van der Waals surface area contributed by atoms with Gasteiger partial charge in [-0.05, 0) is 42.0 Å². The number of rotatable bonds is 4. The summed E-state index contributed by atoms with van der Waals surface area (Å²) in [5.74, 6) is 0. The summed E-state index contributed by atoms with van der Waals surface area (Å²) >= 11 is 0. The SMILES string of the molecule is CCc1ccc(C(C)(O)c2ccc(CC)cc2)cc1. The summed E-state index contributed by atoms with van der Waals surface area (Å²) in [6, 6.07) is 16.4. The minimum absolute atomic E-state index is 0.932. The Hall–Kier alpha value is -1.60. The average molecular weight is 254 g/mol. The van der Waals surface area contributed by atoms with Gasteiger partial charge in [-0.25, -0.2) is 0 Å². The van der Waals surface area contributed by atoms with Crippen LogP contribution in [0.15, 0.2) is 48.5 Å². The van der Waals surface area contributed by atoms with Crippen LogP contribution in [-0.4, -0.2) is 5.11 Å². The van der Waals surface area contributed by atoms with Crippen molar-refractivity contribution in [2.75, 3.05) is 0 Å². The Morgan fingerprint density at radius 1 is 0.737 bits per heavy atom. The zero-order valence-corrected chi connectivity index (χ0v) is 12.0. The second kappa shape index (κ2) is 5.58. The zero-order chi connectivity index (χ0) is 13.9. The Morgan fingerprint density at radius 2 is 1.05 bits per heavy atom. The Labute approximate surface area is 115 Å². The summed E-state index contributed by atoms with van der Waals surface area (Å²) in [5.41, 5.74) is 3.53. The molecule has 0 aromatic heterocycles. The first kappa shape index (κ1) is 13.8. The molecule has 0 aliphatic rings. The number of benzene rings is 2. The van der Waals surface area contributed by atoms with Crippen LogP contribution in [0.3, 0.4) is 0 Å². The molecule has 1 N–H and O–H groups in total. The summed E-state index contributed by atoms with van der Waals surface area (Å²) in [4.78, 5) is 0. The molecule has 0 bridgehead atoms. The molecule has 1 heteroatoms. The molecular weight excluding hydrogens is 232 g/mol. The summed E-state index contributed by atoms with van der Waals surface area (Å²) in [6.07, 6.45) is 2.04. The first-order valence-electron chi connectivity index (χ1n) is 6.99. The number of aryl methyl sites for hydroxylation is 2. The van der Waals surface area contributed by atoms with Gasteiger partial charge in [0.25, 0.3) is 0 Å². The van der Waals surface area contributed by atoms with Crippen LogP contribution in [0.5, 0.6) is 0 Å². The lowest BCUT2D eigenvalue weighted by Crippen LogP contribution is -2.22. The second-order valence-corrected chi connectivity index (χ2v) is 5.17. The molecule has 0 radical (unpaired) electrons. The normalized spacial score (nSPS) is 11.6. The number of aliphatic hydroxyl groups is 1. The van der Waals surface area contributed by atoms with E-state index in [4.69, 9.17) is 0 Å². The van der Waals surface area contributed by atoms with Gasteiger partial charge in [0, 0.05) is 0 Å². The van der Waals surface area contributed by atoms with Crippen molar-refractivity contribution in [1.29, 1.82) is 0 Å². The maximum absolute atomic E-state index is 10.8. The molecule has 2 rings (SSSR count). The molecule has 1 nitrogen and oxygen atoms in total. The lowest BCUT2D eigenvalue weighted by molar-refractivity contribution is 0.102. The van der Waals surface area contributed by atoms with Crippen molar-refractivity contribution in [2.45, 2.75) is 39.2 Å². The fraction of sp³-hybridized carbons (Fsp3) is 0.333. The summed E-state index contributed by atoms with van der Waals surface area (Å²) < 4.78 is 0. The Balaban J connectivity index is 2.33. The van der Waals surface area contributed by atoms with Crippen molar-refractivity contribution < 1.29 is 5.11 Å². The molecule has 0 saturated carbocycles. The van der Waals surface area contributed by atoms with Gasteiger partial charge in [0.2, 0.25) is 0 Å². The minimum atomic E-state index is -0.932. The summed E-state index contributed by atoms with van der Waals surface area (Å²) in [5, 5.41) is 10.8. The maximum Gasteiger partial charge on any atom is 0.112 e. The van der Waals surface area contributed by atoms with E-state index in [0.717, 1.165) is 24.0 Å². The third kappa shape index (κ3) is 2.87. The molecule has 0 fully saturated rings. The van der Waals surface area contributed by atoms with Crippen molar-refractivity contribution in [3.05, 3.63) is 70.8 Å². The van der Waals surface area contributed by atoms with Crippen LogP contribution in [0.25, 0.3) is 0 Å². The van der Waals surface area contributed by atoms with Crippen LogP contribution in [0.2, 0.25) is 0 Å². The van der Waals surface area contributed by atoms with Gasteiger partial charge in [-0.3, -0.25) is 0 Å². The smallest absolute Gasteiger partial charge is 0.112 e. The molecular formula is C18H22O. The van der Waals surface area contributed by atoms with E-state index >= 15 is 0 Å². The van der Waals surface area contributed by atoms with E-state index in [1.807, 2.05) is 31.2 Å². The predicted octanol–water partition coefficient (Wildman–Crippen LogP) is 4.07. The quantitative estimate of drug-likeness (QED) is 0.872. The van der Waals surface area contributed by atoms with Crippen LogP contribution in [0.1, 0.15) is 43.0 Å². The highest BCUT2D eigenvalue weighted by Crippen LogP contribution is 2.29. The van der Waals surface area contributed by atoms with Crippen molar-refractivity contribution in [3.63, 3.8) is 0 Å². The maximum atomic E-state index is 10.8. The largest absolute Gasteiger partial charge is 0.381 e. The Bertz CT molecular complexity index is 471. The molecule has 0 aliphatic heterocycles. The van der Waals surface area contributed by atoms with Gasteiger partial charge in [-0.15, -0.1) is 0 Å². The van der Waals surface area contributed by atoms with Gasteiger partial charge in [0.15, 0.2) is 0 Å². The van der Waals surface area contributed by atoms with Crippen LogP contribution in [0, 0.1) is 0 Å². The van der Waals surface area contributed by atoms with Gasteiger partial charge >= 0.3 is 0 Å². The molecule has 0 heterocycles. The molecule has 0 saturated heterocycles. The van der Waals surface area contributed by atoms with Gasteiger partial charge in [-0.2, -0.15) is 0 Å². The highest BCUT2D eigenvalue weighted by atomic mass is 16.3. The van der Waals surface area contributed by atoms with E-state index in [9.17, 15) is 5.11 Å². The molecule has 0 spiro atoms. The first-order chi connectivity index (χ1) is 9.07. The lowest BCUT2D eigenvalue weighted by atomic mass is 9.87. The third-order valence-corrected chi connectivity index (χ3v) is 3.85. The molecule has 100 valence electrons. The lowest BCUT2D eigenvalue weighted by Gasteiger charge is -2.25. The minimum Gasteiger partial charge on any atom is -0.381 e. The van der Waals surface area contributed by atoms with E-state index in [1.54, 1.807) is 0 Å². The molecule has 2 aromatic rings. The fourth-order valence-electron chi connectivity index (χ4n) is 2.30. The topological polar surface area (TPSA) is 20.2 Å². The van der Waals surface area contributed by atoms with Crippen LogP contribution in [0.4, 0.5) is 0 Å². The fourth-order valence-corrected chi connectivity index (χ4v) is 2.30. The van der Waals surface area contributed by atoms with Crippen molar-refractivity contribution in [1.82, 2.24) is 0 Å². The van der Waals surface area contributed by atoms with E-state index in [-0.39, 0.29) is 0 Å². The summed E-state index contributed by atoms with van der Waals surface area (Å²) in [7, 11) is 0. The summed E-state index contributed by atoms with van der Waals surface area (Å²) in [6.45, 7) is 6.13. The van der Waals surface area contributed by atoms with Crippen molar-refractivity contribution in [2.24, 2.45) is 0 Å². The highest BCUT2D eigenvalue weighted by molar-refractivity contribution is 5.37. The first-order valence-corrected chi connectivity index (χ1v) is 6.99. The van der Waals surface area contributed by atoms with Crippen LogP contribution >= 0.6 is 0 Å². The standard InChI is InChI=1S/C18H22O/c1-4-14-6-10-16(11-7-14)18(3,19)17-12-8-15(5-2)9-13-17/h6-13,19H,4-5H2,1-3H3. The molecule has 19 heavy (non-hydrogen) atoms. The van der Waals surface area contributed by atoms with Crippen molar-refractivity contribution >= 4 is 0 Å². The molecule has 2 aromatic carbocycles. The monoisotopic (exact) mass is 254 g/mol. The van der Waals surface area contributed by atoms with Crippen molar-refractivity contribution in [3.8, 4) is 0 Å². The molecule has 0 aliphatic carbocycles. The van der Waals surface area contributed by atoms with Crippen LogP contribution < -0.4 is 0 Å². The number of hydrogen-bond acceptors (Lipinski definition) is 1. The molecule has 0 unspecified atom stereocenters. The van der Waals surface area contributed by atoms with Gasteiger partial charge < -0.3 is 5.11 Å². The number of hydrogen-bond donors (Lipinski definition) is 1. The molecule has 0 amide bonds. The predicted molar refractivity (Wildman–Crippen MR) is 80.3 cm³/mol. The zero-order valence-electron chi connectivity index (χ0n) is 12.0. The van der Waals surface area contributed by atoms with Crippen LogP contribution in [-0.2, 0) is 18.4 Å². The van der Waals surface area contributed by atoms with Gasteiger partial charge in [0.05, 0.1) is 0 Å². The molecule has 0 atom stereocenters. The third-order valence-electron chi connectivity index (χ3n) is 3.85. The highest BCUT2D eigenvalue weighted by Gasteiger charge is 2.25. The second-order valence-electron chi connectivity index (χ2n) is 5.17.